The molecule has 5 nitrogen and oxygen atoms in total. The molecular weight excluding hydrogens is 376 g/mol. The van der Waals surface area contributed by atoms with Crippen LogP contribution in [0.5, 0.6) is 11.5 Å². The summed E-state index contributed by atoms with van der Waals surface area (Å²) in [6.45, 7) is 1.39. The van der Waals surface area contributed by atoms with Gasteiger partial charge in [-0.05, 0) is 37.1 Å². The summed E-state index contributed by atoms with van der Waals surface area (Å²) in [6, 6.07) is 12.5. The summed E-state index contributed by atoms with van der Waals surface area (Å²) in [5.41, 5.74) is 3.75. The van der Waals surface area contributed by atoms with Gasteiger partial charge in [0.15, 0.2) is 5.76 Å². The van der Waals surface area contributed by atoms with Gasteiger partial charge >= 0.3 is 0 Å². The fourth-order valence-electron chi connectivity index (χ4n) is 5.11. The largest absolute Gasteiger partial charge is 0.478 e. The third-order valence-corrected chi connectivity index (χ3v) is 6.70. The van der Waals surface area contributed by atoms with Crippen LogP contribution in [0.3, 0.4) is 0 Å². The van der Waals surface area contributed by atoms with E-state index in [0.717, 1.165) is 34.3 Å². The fourth-order valence-corrected chi connectivity index (χ4v) is 5.11. The number of aromatic nitrogens is 1. The maximum Gasteiger partial charge on any atom is 0.231 e. The summed E-state index contributed by atoms with van der Waals surface area (Å²) in [6.07, 6.45) is 8.92. The van der Waals surface area contributed by atoms with Gasteiger partial charge in [-0.1, -0.05) is 31.0 Å². The van der Waals surface area contributed by atoms with Crippen molar-refractivity contribution in [2.24, 2.45) is 7.05 Å². The zero-order chi connectivity index (χ0) is 20.2. The van der Waals surface area contributed by atoms with Gasteiger partial charge in [0.1, 0.15) is 18.2 Å². The van der Waals surface area contributed by atoms with E-state index in [4.69, 9.17) is 9.47 Å². The molecule has 3 aromatic rings. The van der Waals surface area contributed by atoms with E-state index < -0.39 is 0 Å². The molecule has 1 fully saturated rings. The molecule has 3 heterocycles. The molecule has 0 radical (unpaired) electrons. The number of aryl methyl sites for hydroxylation is 1. The van der Waals surface area contributed by atoms with Crippen LogP contribution in [0.4, 0.5) is 0 Å². The third-order valence-electron chi connectivity index (χ3n) is 6.70. The molecule has 0 unspecified atom stereocenters. The number of ether oxygens (including phenoxy) is 2. The predicted molar refractivity (Wildman–Crippen MR) is 116 cm³/mol. The number of allylic oxidation sites excluding steroid dienone is 1. The second-order valence-electron chi connectivity index (χ2n) is 8.53. The molecule has 2 aromatic carbocycles. The van der Waals surface area contributed by atoms with Crippen molar-refractivity contribution in [1.82, 2.24) is 9.47 Å². The number of carbonyl (C=O) groups is 1. The van der Waals surface area contributed by atoms with Crippen molar-refractivity contribution in [3.63, 3.8) is 0 Å². The predicted octanol–water partition coefficient (Wildman–Crippen LogP) is 4.89. The molecule has 152 valence electrons. The molecule has 0 N–H and O–H groups in total. The molecule has 2 aliphatic heterocycles. The third kappa shape index (κ3) is 2.69. The van der Waals surface area contributed by atoms with Crippen molar-refractivity contribution < 1.29 is 14.3 Å². The highest BCUT2D eigenvalue weighted by Crippen LogP contribution is 2.43. The zero-order valence-electron chi connectivity index (χ0n) is 17.1. The van der Waals surface area contributed by atoms with Gasteiger partial charge in [0, 0.05) is 42.3 Å². The maximum absolute atomic E-state index is 13.1. The van der Waals surface area contributed by atoms with Gasteiger partial charge in [0.25, 0.3) is 0 Å². The molecule has 30 heavy (non-hydrogen) atoms. The number of hydrogen-bond donors (Lipinski definition) is 0. The van der Waals surface area contributed by atoms with Gasteiger partial charge < -0.3 is 14.0 Å². The number of fused-ring (bicyclic) bond motifs is 4. The maximum atomic E-state index is 13.1. The quantitative estimate of drug-likeness (QED) is 0.575. The SMILES string of the molecule is Cn1cc(/C=C2\Oc3c(ccc4c3CN(C3CCCC3)CO4)C2=O)c2ccccc21. The van der Waals surface area contributed by atoms with Crippen LogP contribution in [-0.2, 0) is 13.6 Å². The Kier molecular flexibility index (Phi) is 4.00. The lowest BCUT2D eigenvalue weighted by Crippen LogP contribution is -2.39. The Morgan fingerprint density at radius 2 is 1.93 bits per heavy atom. The van der Waals surface area contributed by atoms with E-state index in [2.05, 4.69) is 21.6 Å². The lowest BCUT2D eigenvalue weighted by Gasteiger charge is -2.33. The molecule has 0 spiro atoms. The Hall–Kier alpha value is -3.05. The van der Waals surface area contributed by atoms with Crippen molar-refractivity contribution >= 4 is 22.8 Å². The summed E-state index contributed by atoms with van der Waals surface area (Å²) >= 11 is 0. The summed E-state index contributed by atoms with van der Waals surface area (Å²) in [5, 5.41) is 1.11. The molecule has 0 bridgehead atoms. The standard InChI is InChI=1S/C25H24N2O3/c1-26-13-16(18-8-4-5-9-21(18)26)12-23-24(28)19-10-11-22-20(25(19)30-23)14-27(15-29-22)17-6-2-3-7-17/h4-5,8-13,17H,2-3,6-7,14-15H2,1H3/b23-12-. The van der Waals surface area contributed by atoms with Gasteiger partial charge in [-0.25, -0.2) is 0 Å². The van der Waals surface area contributed by atoms with E-state index in [1.807, 2.05) is 43.6 Å². The van der Waals surface area contributed by atoms with Gasteiger partial charge in [-0.3, -0.25) is 9.69 Å². The molecule has 0 saturated heterocycles. The first kappa shape index (κ1) is 17.8. The average molecular weight is 400 g/mol. The van der Waals surface area contributed by atoms with E-state index in [-0.39, 0.29) is 5.78 Å². The van der Waals surface area contributed by atoms with Crippen LogP contribution in [0, 0.1) is 0 Å². The van der Waals surface area contributed by atoms with Crippen LogP contribution < -0.4 is 9.47 Å². The summed E-state index contributed by atoms with van der Waals surface area (Å²) in [5.74, 6) is 1.83. The molecule has 6 rings (SSSR count). The van der Waals surface area contributed by atoms with Crippen molar-refractivity contribution in [2.45, 2.75) is 38.3 Å². The van der Waals surface area contributed by atoms with Crippen LogP contribution in [0.25, 0.3) is 17.0 Å². The molecular formula is C25H24N2O3. The highest BCUT2D eigenvalue weighted by molar-refractivity contribution is 6.15. The smallest absolute Gasteiger partial charge is 0.231 e. The Morgan fingerprint density at radius 3 is 2.80 bits per heavy atom. The number of nitrogens with zero attached hydrogens (tertiary/aromatic N) is 2. The second-order valence-corrected chi connectivity index (χ2v) is 8.53. The molecule has 0 atom stereocenters. The van der Waals surface area contributed by atoms with Gasteiger partial charge in [-0.15, -0.1) is 0 Å². The van der Waals surface area contributed by atoms with E-state index in [1.54, 1.807) is 0 Å². The van der Waals surface area contributed by atoms with Gasteiger partial charge in [0.2, 0.25) is 5.78 Å². The number of ketones is 1. The summed E-state index contributed by atoms with van der Waals surface area (Å²) in [4.78, 5) is 15.5. The number of para-hydroxylation sites is 1. The van der Waals surface area contributed by atoms with Crippen molar-refractivity contribution in [1.29, 1.82) is 0 Å². The summed E-state index contributed by atoms with van der Waals surface area (Å²) in [7, 11) is 2.02. The Balaban J connectivity index is 1.37. The Labute approximate surface area is 175 Å². The first-order chi connectivity index (χ1) is 14.7. The number of hydrogen-bond acceptors (Lipinski definition) is 4. The number of Topliss-reactive ketones (excluding diaryl/α,β-unsaturated/α-hetero) is 1. The molecule has 1 aromatic heterocycles. The highest BCUT2D eigenvalue weighted by Gasteiger charge is 2.35. The van der Waals surface area contributed by atoms with Crippen LogP contribution in [0.2, 0.25) is 0 Å². The molecule has 1 saturated carbocycles. The Morgan fingerprint density at radius 1 is 1.10 bits per heavy atom. The van der Waals surface area contributed by atoms with Gasteiger partial charge in [-0.2, -0.15) is 0 Å². The topological polar surface area (TPSA) is 43.7 Å². The molecule has 5 heteroatoms. The Bertz CT molecular complexity index is 1200. The minimum absolute atomic E-state index is 0.0567. The van der Waals surface area contributed by atoms with E-state index in [1.165, 1.54) is 25.7 Å². The fraction of sp³-hybridized carbons (Fsp3) is 0.320. The lowest BCUT2D eigenvalue weighted by atomic mass is 10.0. The van der Waals surface area contributed by atoms with Crippen LogP contribution >= 0.6 is 0 Å². The van der Waals surface area contributed by atoms with E-state index in [0.29, 0.717) is 29.8 Å². The van der Waals surface area contributed by atoms with E-state index in [9.17, 15) is 4.79 Å². The normalized spacial score (nSPS) is 20.4. The molecule has 1 aliphatic carbocycles. The number of carbonyl (C=O) groups excluding carboxylic acids is 1. The van der Waals surface area contributed by atoms with Crippen LogP contribution in [-0.4, -0.2) is 28.0 Å². The first-order valence-electron chi connectivity index (χ1n) is 10.7. The van der Waals surface area contributed by atoms with Crippen molar-refractivity contribution in [2.75, 3.05) is 6.73 Å². The monoisotopic (exact) mass is 400 g/mol. The number of rotatable bonds is 2. The van der Waals surface area contributed by atoms with Crippen molar-refractivity contribution in [3.05, 3.63) is 65.0 Å². The first-order valence-corrected chi connectivity index (χ1v) is 10.7. The molecule has 0 amide bonds. The average Bonchev–Trinajstić information content (AvgIpc) is 3.49. The minimum Gasteiger partial charge on any atom is -0.478 e. The lowest BCUT2D eigenvalue weighted by molar-refractivity contribution is 0.0567. The summed E-state index contributed by atoms with van der Waals surface area (Å²) < 4.78 is 14.3. The molecule has 3 aliphatic rings. The van der Waals surface area contributed by atoms with Crippen molar-refractivity contribution in [3.8, 4) is 11.5 Å². The minimum atomic E-state index is -0.0567. The van der Waals surface area contributed by atoms with Crippen LogP contribution in [0.1, 0.15) is 47.2 Å². The second kappa shape index (κ2) is 6.74. The highest BCUT2D eigenvalue weighted by atomic mass is 16.5. The van der Waals surface area contributed by atoms with Gasteiger partial charge in [0.05, 0.1) is 11.1 Å². The zero-order valence-corrected chi connectivity index (χ0v) is 17.1. The van der Waals surface area contributed by atoms with Crippen LogP contribution in [0.15, 0.2) is 48.4 Å². The van der Waals surface area contributed by atoms with E-state index >= 15 is 0 Å². The number of benzene rings is 2.